The molecule has 4 N–H and O–H groups in total. The highest BCUT2D eigenvalue weighted by molar-refractivity contribution is 5.92. The maximum absolute atomic E-state index is 9.81. The molecule has 2 heterocycles. The van der Waals surface area contributed by atoms with Crippen LogP contribution in [-0.2, 0) is 6.42 Å². The number of aromatic nitrogens is 2. The van der Waals surface area contributed by atoms with Crippen LogP contribution in [0.25, 0.3) is 22.2 Å². The molecule has 2 unspecified atom stereocenters. The molecular formula is C22H22ClN3O3. The zero-order valence-electron chi connectivity index (χ0n) is 15.6. The van der Waals surface area contributed by atoms with Gasteiger partial charge in [0.15, 0.2) is 5.58 Å². The third kappa shape index (κ3) is 4.31. The molecule has 0 spiro atoms. The van der Waals surface area contributed by atoms with Gasteiger partial charge in [-0.2, -0.15) is 0 Å². The highest BCUT2D eigenvalue weighted by Crippen LogP contribution is 2.33. The van der Waals surface area contributed by atoms with Crippen LogP contribution in [0, 0.1) is 0 Å². The summed E-state index contributed by atoms with van der Waals surface area (Å²) >= 11 is 0. The maximum Gasteiger partial charge on any atom is 0.167 e. The Kier molecular flexibility index (Phi) is 6.61. The number of para-hydroxylation sites is 1. The predicted molar refractivity (Wildman–Crippen MR) is 114 cm³/mol. The first-order chi connectivity index (χ1) is 13.7. The summed E-state index contributed by atoms with van der Waals surface area (Å²) in [5, 5.41) is 24.1. The van der Waals surface area contributed by atoms with Crippen molar-refractivity contribution >= 4 is 23.4 Å². The molecule has 29 heavy (non-hydrogen) atoms. The summed E-state index contributed by atoms with van der Waals surface area (Å²) in [4.78, 5) is 4.43. The van der Waals surface area contributed by atoms with Gasteiger partial charge in [-0.05, 0) is 29.8 Å². The van der Waals surface area contributed by atoms with Crippen molar-refractivity contribution in [3.63, 3.8) is 0 Å². The monoisotopic (exact) mass is 411 g/mol. The molecular weight excluding hydrogens is 390 g/mol. The van der Waals surface area contributed by atoms with E-state index in [0.29, 0.717) is 12.1 Å². The van der Waals surface area contributed by atoms with E-state index in [0.717, 1.165) is 33.5 Å². The van der Waals surface area contributed by atoms with Gasteiger partial charge in [0.25, 0.3) is 0 Å². The van der Waals surface area contributed by atoms with E-state index in [1.54, 1.807) is 12.1 Å². The van der Waals surface area contributed by atoms with Crippen LogP contribution in [0.3, 0.4) is 0 Å². The van der Waals surface area contributed by atoms with Crippen LogP contribution in [-0.4, -0.2) is 27.0 Å². The van der Waals surface area contributed by atoms with Crippen molar-refractivity contribution < 1.29 is 14.7 Å². The minimum Gasteiger partial charge on any atom is -0.393 e. The number of nitrogens with zero attached hydrogens (tertiary/aromatic N) is 2. The van der Waals surface area contributed by atoms with Gasteiger partial charge >= 0.3 is 0 Å². The van der Waals surface area contributed by atoms with Crippen molar-refractivity contribution in [3.05, 3.63) is 83.7 Å². The number of halogens is 1. The number of aliphatic hydroxyl groups excluding tert-OH is 2. The molecule has 0 saturated carbocycles. The number of aliphatic hydroxyl groups is 2. The van der Waals surface area contributed by atoms with Gasteiger partial charge in [-0.15, -0.1) is 12.4 Å². The van der Waals surface area contributed by atoms with Gasteiger partial charge in [-0.3, -0.25) is 4.98 Å². The molecule has 4 aromatic rings. The molecule has 0 saturated heterocycles. The van der Waals surface area contributed by atoms with E-state index in [1.807, 2.05) is 54.6 Å². The third-order valence-corrected chi connectivity index (χ3v) is 4.76. The Balaban J connectivity index is 0.00000240. The van der Waals surface area contributed by atoms with E-state index in [4.69, 9.17) is 15.4 Å². The van der Waals surface area contributed by atoms with E-state index < -0.39 is 6.10 Å². The molecule has 0 radical (unpaired) electrons. The Bertz CT molecular complexity index is 1100. The molecule has 0 fully saturated rings. The minimum absolute atomic E-state index is 0. The van der Waals surface area contributed by atoms with Crippen LogP contribution in [0.1, 0.15) is 29.1 Å². The van der Waals surface area contributed by atoms with Gasteiger partial charge in [0.2, 0.25) is 0 Å². The summed E-state index contributed by atoms with van der Waals surface area (Å²) in [6.45, 7) is -0.370. The lowest BCUT2D eigenvalue weighted by molar-refractivity contribution is 0.0921. The lowest BCUT2D eigenvalue weighted by atomic mass is 9.94. The summed E-state index contributed by atoms with van der Waals surface area (Å²) in [7, 11) is 0. The van der Waals surface area contributed by atoms with Crippen LogP contribution in [0.5, 0.6) is 0 Å². The Morgan fingerprint density at radius 1 is 0.966 bits per heavy atom. The molecule has 2 atom stereocenters. The van der Waals surface area contributed by atoms with Crippen molar-refractivity contribution in [2.45, 2.75) is 18.6 Å². The molecule has 2 aromatic carbocycles. The van der Waals surface area contributed by atoms with Gasteiger partial charge < -0.3 is 20.5 Å². The number of hydrogen-bond donors (Lipinski definition) is 3. The first kappa shape index (κ1) is 21.0. The molecule has 0 aliphatic rings. The normalized spacial score (nSPS) is 13.1. The van der Waals surface area contributed by atoms with Crippen molar-refractivity contribution in [1.29, 1.82) is 0 Å². The Morgan fingerprint density at radius 2 is 1.72 bits per heavy atom. The fourth-order valence-electron chi connectivity index (χ4n) is 3.34. The number of benzene rings is 2. The molecule has 0 aliphatic carbocycles. The predicted octanol–water partition coefficient (Wildman–Crippen LogP) is 3.58. The summed E-state index contributed by atoms with van der Waals surface area (Å²) < 4.78 is 5.46. The molecule has 7 heteroatoms. The van der Waals surface area contributed by atoms with Crippen LogP contribution in [0.2, 0.25) is 0 Å². The first-order valence-electron chi connectivity index (χ1n) is 9.11. The van der Waals surface area contributed by atoms with Crippen LogP contribution >= 0.6 is 12.4 Å². The zero-order chi connectivity index (χ0) is 19.5. The average molecular weight is 412 g/mol. The number of fused-ring (bicyclic) bond motifs is 1. The highest BCUT2D eigenvalue weighted by atomic mass is 35.5. The molecule has 6 nitrogen and oxygen atoms in total. The van der Waals surface area contributed by atoms with Crippen molar-refractivity contribution in [1.82, 2.24) is 10.1 Å². The van der Waals surface area contributed by atoms with Gasteiger partial charge in [0.05, 0.1) is 12.3 Å². The van der Waals surface area contributed by atoms with E-state index >= 15 is 0 Å². The summed E-state index contributed by atoms with van der Waals surface area (Å²) in [6, 6.07) is 20.6. The van der Waals surface area contributed by atoms with Crippen molar-refractivity contribution in [2.75, 3.05) is 6.61 Å². The standard InChI is InChI=1S/C22H21N3O3.ClH/c23-18(12-14-6-5-10-19(24-14)20(27)13-26)15-7-1-2-8-16(15)22-17-9-3-4-11-21(17)28-25-22;/h1-11,18,20,26-27H,12-13,23H2;1H. The number of nitrogens with two attached hydrogens (primary N) is 1. The van der Waals surface area contributed by atoms with Crippen LogP contribution in [0.4, 0.5) is 0 Å². The van der Waals surface area contributed by atoms with Crippen LogP contribution < -0.4 is 5.73 Å². The fraction of sp³-hybridized carbons (Fsp3) is 0.182. The molecule has 2 aromatic heterocycles. The van der Waals surface area contributed by atoms with Gasteiger partial charge in [-0.25, -0.2) is 0 Å². The molecule has 0 bridgehead atoms. The summed E-state index contributed by atoms with van der Waals surface area (Å²) in [5.41, 5.74) is 11.1. The minimum atomic E-state index is -0.995. The highest BCUT2D eigenvalue weighted by Gasteiger charge is 2.18. The van der Waals surface area contributed by atoms with Crippen LogP contribution in [0.15, 0.2) is 71.3 Å². The van der Waals surface area contributed by atoms with Gasteiger partial charge in [0.1, 0.15) is 11.8 Å². The SMILES string of the molecule is Cl.NC(Cc1cccc(C(O)CO)n1)c1ccccc1-c1noc2ccccc12. The summed E-state index contributed by atoms with van der Waals surface area (Å²) in [6.07, 6.45) is -0.511. The fourth-order valence-corrected chi connectivity index (χ4v) is 3.34. The lowest BCUT2D eigenvalue weighted by Crippen LogP contribution is -2.16. The van der Waals surface area contributed by atoms with E-state index in [9.17, 15) is 5.11 Å². The second-order valence-corrected chi connectivity index (χ2v) is 6.68. The second kappa shape index (κ2) is 9.15. The van der Waals surface area contributed by atoms with E-state index in [-0.39, 0.29) is 25.1 Å². The van der Waals surface area contributed by atoms with E-state index in [1.165, 1.54) is 0 Å². The Hall–Kier alpha value is -2.77. The molecule has 150 valence electrons. The lowest BCUT2D eigenvalue weighted by Gasteiger charge is -2.16. The quantitative estimate of drug-likeness (QED) is 0.448. The van der Waals surface area contributed by atoms with Gasteiger partial charge in [0, 0.05) is 29.1 Å². The smallest absolute Gasteiger partial charge is 0.167 e. The number of hydrogen-bond acceptors (Lipinski definition) is 6. The van der Waals surface area contributed by atoms with E-state index in [2.05, 4.69) is 10.1 Å². The zero-order valence-corrected chi connectivity index (χ0v) is 16.4. The molecule has 0 amide bonds. The largest absolute Gasteiger partial charge is 0.393 e. The number of pyridine rings is 1. The number of rotatable bonds is 6. The van der Waals surface area contributed by atoms with Crippen molar-refractivity contribution in [3.8, 4) is 11.3 Å². The van der Waals surface area contributed by atoms with Gasteiger partial charge in [-0.1, -0.05) is 47.6 Å². The maximum atomic E-state index is 9.81. The molecule has 4 rings (SSSR count). The Morgan fingerprint density at radius 3 is 2.55 bits per heavy atom. The topological polar surface area (TPSA) is 105 Å². The summed E-state index contributed by atoms with van der Waals surface area (Å²) in [5.74, 6) is 0. The molecule has 0 aliphatic heterocycles. The third-order valence-electron chi connectivity index (χ3n) is 4.76. The first-order valence-corrected chi connectivity index (χ1v) is 9.11. The Labute approximate surface area is 174 Å². The van der Waals surface area contributed by atoms with Crippen molar-refractivity contribution in [2.24, 2.45) is 5.73 Å². The second-order valence-electron chi connectivity index (χ2n) is 6.68. The average Bonchev–Trinajstić information content (AvgIpc) is 3.17.